The Labute approximate surface area is 177 Å². The van der Waals surface area contributed by atoms with Gasteiger partial charge in [-0.3, -0.25) is 10.1 Å². The number of nitrogens with one attached hydrogen (secondary N) is 1. The van der Waals surface area contributed by atoms with Gasteiger partial charge in [-0.1, -0.05) is 56.1 Å². The van der Waals surface area contributed by atoms with Crippen LogP contribution in [-0.4, -0.2) is 14.9 Å². The molecule has 28 heavy (non-hydrogen) atoms. The third-order valence-electron chi connectivity index (χ3n) is 4.31. The molecule has 5 nitrogen and oxygen atoms in total. The minimum absolute atomic E-state index is 0.0524. The zero-order valence-electron chi connectivity index (χ0n) is 14.4. The monoisotopic (exact) mass is 497 g/mol. The summed E-state index contributed by atoms with van der Waals surface area (Å²) in [5.41, 5.74) is 4.53. The summed E-state index contributed by atoms with van der Waals surface area (Å²) in [5.74, 6) is 0.658. The third kappa shape index (κ3) is 3.76. The van der Waals surface area contributed by atoms with Crippen LogP contribution < -0.4 is 0 Å². The number of rotatable bonds is 4. The van der Waals surface area contributed by atoms with Crippen LogP contribution in [0.25, 0.3) is 33.9 Å². The normalized spacial score (nSPS) is 10.8. The summed E-state index contributed by atoms with van der Waals surface area (Å²) in [6, 6.07) is 22.3. The summed E-state index contributed by atoms with van der Waals surface area (Å²) in [4.78, 5) is 18.7. The molecule has 0 aliphatic rings. The topological polar surface area (TPSA) is 71.8 Å². The van der Waals surface area contributed by atoms with Crippen LogP contribution in [0.5, 0.6) is 0 Å². The van der Waals surface area contributed by atoms with E-state index in [-0.39, 0.29) is 5.69 Å². The van der Waals surface area contributed by atoms with E-state index in [9.17, 15) is 10.1 Å². The number of benzene rings is 3. The zero-order chi connectivity index (χ0) is 19.7. The molecule has 0 unspecified atom stereocenters. The second-order valence-electron chi connectivity index (χ2n) is 6.13. The van der Waals surface area contributed by atoms with Gasteiger partial charge in [0, 0.05) is 37.8 Å². The first-order valence-electron chi connectivity index (χ1n) is 8.38. The van der Waals surface area contributed by atoms with Crippen LogP contribution in [0.4, 0.5) is 5.69 Å². The lowest BCUT2D eigenvalue weighted by Gasteiger charge is -2.04. The molecular weight excluding hydrogens is 486 g/mol. The Kier molecular flexibility index (Phi) is 5.11. The Morgan fingerprint density at radius 2 is 1.25 bits per heavy atom. The lowest BCUT2D eigenvalue weighted by molar-refractivity contribution is -0.384. The van der Waals surface area contributed by atoms with Crippen molar-refractivity contribution in [2.45, 2.75) is 0 Å². The number of non-ortho nitro benzene ring substituents is 1. The van der Waals surface area contributed by atoms with Gasteiger partial charge >= 0.3 is 0 Å². The van der Waals surface area contributed by atoms with E-state index in [1.807, 2.05) is 48.5 Å². The van der Waals surface area contributed by atoms with Gasteiger partial charge in [-0.15, -0.1) is 0 Å². The number of hydrogen-bond acceptors (Lipinski definition) is 3. The van der Waals surface area contributed by atoms with Gasteiger partial charge in [-0.05, 0) is 36.4 Å². The minimum Gasteiger partial charge on any atom is -0.337 e. The standard InChI is InChI=1S/C21H13Br2N3O2/c22-16-7-1-13(2-8-16)19-20(14-3-9-17(23)10-4-14)25-21(24-19)15-5-11-18(12-6-15)26(27)28/h1-12H,(H,24,25). The highest BCUT2D eigenvalue weighted by Gasteiger charge is 2.16. The van der Waals surface area contributed by atoms with Crippen molar-refractivity contribution in [1.82, 2.24) is 9.97 Å². The summed E-state index contributed by atoms with van der Waals surface area (Å²) >= 11 is 6.92. The van der Waals surface area contributed by atoms with Crippen molar-refractivity contribution in [3.63, 3.8) is 0 Å². The average molecular weight is 499 g/mol. The Morgan fingerprint density at radius 3 is 1.79 bits per heavy atom. The molecule has 1 N–H and O–H groups in total. The van der Waals surface area contributed by atoms with Crippen molar-refractivity contribution < 1.29 is 4.92 Å². The van der Waals surface area contributed by atoms with E-state index < -0.39 is 4.92 Å². The molecule has 4 aromatic rings. The number of imidazole rings is 1. The molecule has 0 spiro atoms. The fourth-order valence-corrected chi connectivity index (χ4v) is 3.42. The molecule has 4 rings (SSSR count). The number of aromatic amines is 1. The molecule has 1 heterocycles. The van der Waals surface area contributed by atoms with Gasteiger partial charge in [0.1, 0.15) is 5.82 Å². The highest BCUT2D eigenvalue weighted by atomic mass is 79.9. The number of halogens is 2. The van der Waals surface area contributed by atoms with E-state index >= 15 is 0 Å². The molecule has 0 aliphatic heterocycles. The van der Waals surface area contributed by atoms with Gasteiger partial charge in [0.05, 0.1) is 16.3 Å². The van der Waals surface area contributed by atoms with Gasteiger partial charge < -0.3 is 4.98 Å². The molecule has 0 saturated carbocycles. The molecule has 0 fully saturated rings. The van der Waals surface area contributed by atoms with Crippen LogP contribution in [0.2, 0.25) is 0 Å². The number of nitrogens with zero attached hydrogens (tertiary/aromatic N) is 2. The summed E-state index contributed by atoms with van der Waals surface area (Å²) in [7, 11) is 0. The quantitative estimate of drug-likeness (QED) is 0.247. The van der Waals surface area contributed by atoms with E-state index in [1.165, 1.54) is 12.1 Å². The van der Waals surface area contributed by atoms with Crippen LogP contribution in [0.3, 0.4) is 0 Å². The van der Waals surface area contributed by atoms with Gasteiger partial charge in [0.2, 0.25) is 0 Å². The van der Waals surface area contributed by atoms with Gasteiger partial charge in [0.25, 0.3) is 5.69 Å². The predicted molar refractivity (Wildman–Crippen MR) is 117 cm³/mol. The summed E-state index contributed by atoms with van der Waals surface area (Å²) in [5, 5.41) is 10.9. The van der Waals surface area contributed by atoms with E-state index in [4.69, 9.17) is 4.98 Å². The van der Waals surface area contributed by atoms with E-state index in [2.05, 4.69) is 36.8 Å². The maximum absolute atomic E-state index is 10.9. The molecule has 0 radical (unpaired) electrons. The molecule has 0 atom stereocenters. The van der Waals surface area contributed by atoms with Crippen molar-refractivity contribution >= 4 is 37.5 Å². The molecule has 0 bridgehead atoms. The highest BCUT2D eigenvalue weighted by molar-refractivity contribution is 9.10. The smallest absolute Gasteiger partial charge is 0.269 e. The molecule has 1 aromatic heterocycles. The molecule has 7 heteroatoms. The second kappa shape index (κ2) is 7.69. The van der Waals surface area contributed by atoms with Gasteiger partial charge in [-0.2, -0.15) is 0 Å². The largest absolute Gasteiger partial charge is 0.337 e. The van der Waals surface area contributed by atoms with E-state index in [0.29, 0.717) is 5.82 Å². The van der Waals surface area contributed by atoms with E-state index in [1.54, 1.807) is 12.1 Å². The summed E-state index contributed by atoms with van der Waals surface area (Å²) < 4.78 is 1.99. The summed E-state index contributed by atoms with van der Waals surface area (Å²) in [6.45, 7) is 0. The minimum atomic E-state index is -0.410. The Balaban J connectivity index is 1.84. The lowest BCUT2D eigenvalue weighted by atomic mass is 10.1. The highest BCUT2D eigenvalue weighted by Crippen LogP contribution is 2.34. The maximum atomic E-state index is 10.9. The van der Waals surface area contributed by atoms with Crippen molar-refractivity contribution in [2.75, 3.05) is 0 Å². The van der Waals surface area contributed by atoms with E-state index in [0.717, 1.165) is 37.0 Å². The number of nitro benzene ring substituents is 1. The first kappa shape index (κ1) is 18.6. The zero-order valence-corrected chi connectivity index (χ0v) is 17.6. The Bertz CT molecular complexity index is 1070. The molecular formula is C21H13Br2N3O2. The number of hydrogen-bond donors (Lipinski definition) is 1. The average Bonchev–Trinajstić information content (AvgIpc) is 3.14. The fraction of sp³-hybridized carbons (Fsp3) is 0. The van der Waals surface area contributed by atoms with Crippen molar-refractivity contribution in [1.29, 1.82) is 0 Å². The van der Waals surface area contributed by atoms with Gasteiger partial charge in [0.15, 0.2) is 0 Å². The Morgan fingerprint density at radius 1 is 0.750 bits per heavy atom. The second-order valence-corrected chi connectivity index (χ2v) is 7.96. The number of H-pyrrole nitrogens is 1. The number of aromatic nitrogens is 2. The van der Waals surface area contributed by atoms with Gasteiger partial charge in [-0.25, -0.2) is 4.98 Å². The number of nitro groups is 1. The van der Waals surface area contributed by atoms with Crippen molar-refractivity contribution in [2.24, 2.45) is 0 Å². The van der Waals surface area contributed by atoms with Crippen molar-refractivity contribution in [3.8, 4) is 33.9 Å². The fourth-order valence-electron chi connectivity index (χ4n) is 2.89. The molecule has 138 valence electrons. The predicted octanol–water partition coefficient (Wildman–Crippen LogP) is 6.84. The summed E-state index contributed by atoms with van der Waals surface area (Å²) in [6.07, 6.45) is 0. The van der Waals surface area contributed by atoms with Crippen LogP contribution in [0.1, 0.15) is 0 Å². The maximum Gasteiger partial charge on any atom is 0.269 e. The third-order valence-corrected chi connectivity index (χ3v) is 5.36. The molecule has 0 saturated heterocycles. The first-order valence-corrected chi connectivity index (χ1v) is 9.96. The van der Waals surface area contributed by atoms with Crippen LogP contribution in [-0.2, 0) is 0 Å². The Hall–Kier alpha value is -2.77. The van der Waals surface area contributed by atoms with Crippen LogP contribution in [0.15, 0.2) is 81.7 Å². The van der Waals surface area contributed by atoms with Crippen LogP contribution in [0, 0.1) is 10.1 Å². The molecule has 3 aromatic carbocycles. The molecule has 0 aliphatic carbocycles. The van der Waals surface area contributed by atoms with Crippen LogP contribution >= 0.6 is 31.9 Å². The lowest BCUT2D eigenvalue weighted by Crippen LogP contribution is -1.87. The first-order chi connectivity index (χ1) is 13.5. The molecule has 0 amide bonds. The van der Waals surface area contributed by atoms with Crippen molar-refractivity contribution in [3.05, 3.63) is 91.9 Å². The SMILES string of the molecule is O=[N+]([O-])c1ccc(-c2nc(-c3ccc(Br)cc3)c(-c3ccc(Br)cc3)[nH]2)cc1.